The summed E-state index contributed by atoms with van der Waals surface area (Å²) in [6.45, 7) is 8.21. The van der Waals surface area contributed by atoms with Gasteiger partial charge in [-0.25, -0.2) is 0 Å². The van der Waals surface area contributed by atoms with Gasteiger partial charge in [0.1, 0.15) is 22.6 Å². The van der Waals surface area contributed by atoms with E-state index in [1.54, 1.807) is 10.9 Å². The number of hydrogen-bond donors (Lipinski definition) is 1. The molecule has 0 fully saturated rings. The van der Waals surface area contributed by atoms with Gasteiger partial charge in [0, 0.05) is 22.3 Å². The van der Waals surface area contributed by atoms with Crippen LogP contribution < -0.4 is 5.32 Å². The number of aryl methyl sites for hydroxylation is 2. The van der Waals surface area contributed by atoms with Gasteiger partial charge < -0.3 is 9.73 Å². The molecule has 0 atom stereocenters. The van der Waals surface area contributed by atoms with Gasteiger partial charge in [0.05, 0.1) is 5.69 Å². The minimum atomic E-state index is -0.268. The van der Waals surface area contributed by atoms with Gasteiger partial charge in [0.2, 0.25) is 5.91 Å². The normalized spacial score (nSPS) is 11.6. The first-order valence-electron chi connectivity index (χ1n) is 12.1. The molecule has 5 rings (SSSR count). The maximum atomic E-state index is 12.6. The van der Waals surface area contributed by atoms with Crippen molar-refractivity contribution in [3.8, 4) is 17.0 Å². The number of rotatable bonds is 6. The minimum absolute atomic E-state index is 0.268. The molecule has 37 heavy (non-hydrogen) atoms. The molecule has 5 aromatic rings. The van der Waals surface area contributed by atoms with Crippen molar-refractivity contribution in [1.82, 2.24) is 15.0 Å². The predicted octanol–water partition coefficient (Wildman–Crippen LogP) is 7.73. The second kappa shape index (κ2) is 10.1. The number of nitrogens with zero attached hydrogens (tertiary/aromatic N) is 3. The first kappa shape index (κ1) is 24.5. The number of aromatic nitrogens is 3. The van der Waals surface area contributed by atoms with Crippen LogP contribution in [-0.2, 0) is 4.79 Å². The molecule has 7 heteroatoms. The molecule has 0 saturated carbocycles. The molecule has 0 aliphatic carbocycles. The fourth-order valence-electron chi connectivity index (χ4n) is 3.99. The van der Waals surface area contributed by atoms with Crippen molar-refractivity contribution < 1.29 is 9.21 Å². The van der Waals surface area contributed by atoms with Crippen molar-refractivity contribution in [2.45, 2.75) is 33.6 Å². The quantitative estimate of drug-likeness (QED) is 0.237. The van der Waals surface area contributed by atoms with Gasteiger partial charge in [-0.1, -0.05) is 49.7 Å². The molecular weight excluding hydrogens is 484 g/mol. The molecule has 0 aliphatic rings. The molecule has 0 radical (unpaired) electrons. The van der Waals surface area contributed by atoms with E-state index in [1.165, 1.54) is 11.6 Å². The van der Waals surface area contributed by atoms with Gasteiger partial charge >= 0.3 is 0 Å². The molecule has 3 aromatic carbocycles. The topological polar surface area (TPSA) is 73.0 Å². The number of amides is 1. The summed E-state index contributed by atoms with van der Waals surface area (Å²) in [5.41, 5.74) is 7.07. The van der Waals surface area contributed by atoms with Crippen molar-refractivity contribution in [3.63, 3.8) is 0 Å². The number of carbonyl (C=O) groups is 1. The van der Waals surface area contributed by atoms with Gasteiger partial charge in [-0.05, 0) is 85.0 Å². The summed E-state index contributed by atoms with van der Waals surface area (Å²) in [4.78, 5) is 14.3. The lowest BCUT2D eigenvalue weighted by molar-refractivity contribution is -0.111. The van der Waals surface area contributed by atoms with E-state index in [2.05, 4.69) is 41.5 Å². The monoisotopic (exact) mass is 510 g/mol. The molecule has 0 aliphatic heterocycles. The third-order valence-electron chi connectivity index (χ3n) is 6.26. The summed E-state index contributed by atoms with van der Waals surface area (Å²) >= 11 is 6.23. The molecule has 6 nitrogen and oxygen atoms in total. The fraction of sp³-hybridized carbons (Fsp3) is 0.167. The van der Waals surface area contributed by atoms with Crippen LogP contribution in [0.3, 0.4) is 0 Å². The van der Waals surface area contributed by atoms with Gasteiger partial charge in [-0.15, -0.1) is 10.2 Å². The Hall–Kier alpha value is -4.16. The number of fused-ring (bicyclic) bond motifs is 1. The molecule has 1 N–H and O–H groups in total. The van der Waals surface area contributed by atoms with Crippen LogP contribution in [0.2, 0.25) is 5.02 Å². The zero-order valence-corrected chi connectivity index (χ0v) is 21.9. The number of furan rings is 1. The van der Waals surface area contributed by atoms with Gasteiger partial charge in [-0.3, -0.25) is 4.79 Å². The number of hydrogen-bond acceptors (Lipinski definition) is 4. The summed E-state index contributed by atoms with van der Waals surface area (Å²) in [5, 5.41) is 12.8. The Morgan fingerprint density at radius 2 is 1.68 bits per heavy atom. The van der Waals surface area contributed by atoms with Crippen molar-refractivity contribution in [2.24, 2.45) is 0 Å². The zero-order valence-electron chi connectivity index (χ0n) is 21.1. The van der Waals surface area contributed by atoms with Crippen LogP contribution in [0.1, 0.15) is 42.2 Å². The number of anilines is 1. The highest BCUT2D eigenvalue weighted by Gasteiger charge is 2.11. The van der Waals surface area contributed by atoms with Crippen molar-refractivity contribution in [2.75, 3.05) is 5.32 Å². The van der Waals surface area contributed by atoms with Crippen LogP contribution in [0.15, 0.2) is 77.2 Å². The lowest BCUT2D eigenvalue weighted by Gasteiger charge is -2.05. The summed E-state index contributed by atoms with van der Waals surface area (Å²) in [6, 6.07) is 21.4. The molecule has 0 bridgehead atoms. The molecule has 2 heterocycles. The van der Waals surface area contributed by atoms with Crippen molar-refractivity contribution in [1.29, 1.82) is 0 Å². The summed E-state index contributed by atoms with van der Waals surface area (Å²) in [7, 11) is 0. The molecule has 1 amide bonds. The van der Waals surface area contributed by atoms with E-state index in [-0.39, 0.29) is 5.91 Å². The summed E-state index contributed by atoms with van der Waals surface area (Å²) < 4.78 is 5.87. The van der Waals surface area contributed by atoms with E-state index >= 15 is 0 Å². The Bertz CT molecular complexity index is 1630. The van der Waals surface area contributed by atoms with Crippen LogP contribution in [0.25, 0.3) is 34.1 Å². The standard InChI is InChI=1S/C30H27ClN4O2/c1-18(2)21-7-9-23(10-8-21)35-33-27-15-20(4)26(17-28(27)34-35)32-30(36)14-12-24-11-13-29(37-24)22-6-5-19(3)25(31)16-22/h5-18H,1-4H3,(H,32,36)/b14-12+. The van der Waals surface area contributed by atoms with Crippen LogP contribution in [0.5, 0.6) is 0 Å². The van der Waals surface area contributed by atoms with E-state index in [0.29, 0.717) is 33.7 Å². The highest BCUT2D eigenvalue weighted by molar-refractivity contribution is 6.31. The SMILES string of the molecule is Cc1ccc(-c2ccc(/C=C/C(=O)Nc3cc4nn(-c5ccc(C(C)C)cc5)nc4cc3C)o2)cc1Cl. The summed E-state index contributed by atoms with van der Waals surface area (Å²) in [5.74, 6) is 1.45. The highest BCUT2D eigenvalue weighted by atomic mass is 35.5. The van der Waals surface area contributed by atoms with Gasteiger partial charge in [0.15, 0.2) is 0 Å². The third kappa shape index (κ3) is 5.34. The number of nitrogens with one attached hydrogen (secondary N) is 1. The van der Waals surface area contributed by atoms with Crippen molar-refractivity contribution in [3.05, 3.63) is 100 Å². The van der Waals surface area contributed by atoms with E-state index in [1.807, 2.05) is 68.4 Å². The number of benzene rings is 3. The molecule has 0 unspecified atom stereocenters. The smallest absolute Gasteiger partial charge is 0.248 e. The maximum Gasteiger partial charge on any atom is 0.248 e. The fourth-order valence-corrected chi connectivity index (χ4v) is 4.17. The minimum Gasteiger partial charge on any atom is -0.457 e. The molecule has 0 spiro atoms. The van der Waals surface area contributed by atoms with E-state index in [4.69, 9.17) is 16.0 Å². The lowest BCUT2D eigenvalue weighted by atomic mass is 10.0. The Morgan fingerprint density at radius 3 is 2.38 bits per heavy atom. The van der Waals surface area contributed by atoms with Crippen LogP contribution in [0, 0.1) is 13.8 Å². The zero-order chi connectivity index (χ0) is 26.1. The largest absolute Gasteiger partial charge is 0.457 e. The Labute approximate surface area is 220 Å². The van der Waals surface area contributed by atoms with Crippen LogP contribution in [0.4, 0.5) is 5.69 Å². The predicted molar refractivity (Wildman–Crippen MR) is 149 cm³/mol. The number of halogens is 1. The molecule has 2 aromatic heterocycles. The first-order chi connectivity index (χ1) is 17.8. The van der Waals surface area contributed by atoms with Crippen LogP contribution >= 0.6 is 11.6 Å². The van der Waals surface area contributed by atoms with Crippen LogP contribution in [-0.4, -0.2) is 20.9 Å². The molecule has 186 valence electrons. The maximum absolute atomic E-state index is 12.6. The Balaban J connectivity index is 1.30. The average Bonchev–Trinajstić information content (AvgIpc) is 3.52. The van der Waals surface area contributed by atoms with Crippen molar-refractivity contribution >= 4 is 40.3 Å². The molecule has 0 saturated heterocycles. The highest BCUT2D eigenvalue weighted by Crippen LogP contribution is 2.27. The van der Waals surface area contributed by atoms with Gasteiger partial charge in [0.25, 0.3) is 0 Å². The second-order valence-corrected chi connectivity index (χ2v) is 9.79. The Morgan fingerprint density at radius 1 is 0.946 bits per heavy atom. The molecular formula is C30H27ClN4O2. The third-order valence-corrected chi connectivity index (χ3v) is 6.66. The van der Waals surface area contributed by atoms with E-state index in [9.17, 15) is 4.79 Å². The summed E-state index contributed by atoms with van der Waals surface area (Å²) in [6.07, 6.45) is 3.08. The first-order valence-corrected chi connectivity index (χ1v) is 12.5. The Kier molecular flexibility index (Phi) is 6.68. The van der Waals surface area contributed by atoms with Gasteiger partial charge in [-0.2, -0.15) is 4.80 Å². The number of carbonyl (C=O) groups excluding carboxylic acids is 1. The van der Waals surface area contributed by atoms with E-state index < -0.39 is 0 Å². The average molecular weight is 511 g/mol. The lowest BCUT2D eigenvalue weighted by Crippen LogP contribution is -2.08. The second-order valence-electron chi connectivity index (χ2n) is 9.38. The van der Waals surface area contributed by atoms with E-state index in [0.717, 1.165) is 27.9 Å².